The summed E-state index contributed by atoms with van der Waals surface area (Å²) in [6, 6.07) is 10.9. The average molecular weight is 462 g/mol. The van der Waals surface area contributed by atoms with Crippen molar-refractivity contribution in [2.75, 3.05) is 6.61 Å². The van der Waals surface area contributed by atoms with Crippen molar-refractivity contribution < 1.29 is 17.0 Å². The van der Waals surface area contributed by atoms with Gasteiger partial charge in [0.2, 0.25) is 0 Å². The molecule has 7 heteroatoms. The largest absolute Gasteiger partial charge is 0.408 e. The Labute approximate surface area is 188 Å². The minimum absolute atomic E-state index is 0.0481. The molecule has 0 spiro atoms. The lowest BCUT2D eigenvalue weighted by molar-refractivity contribution is 0.114. The topological polar surface area (TPSA) is 65.5 Å². The van der Waals surface area contributed by atoms with Crippen molar-refractivity contribution in [1.29, 1.82) is 0 Å². The molecule has 0 saturated carbocycles. The zero-order chi connectivity index (χ0) is 23.0. The van der Waals surface area contributed by atoms with Crippen LogP contribution in [0.3, 0.4) is 0 Å². The third-order valence-electron chi connectivity index (χ3n) is 6.52. The summed E-state index contributed by atoms with van der Waals surface area (Å²) in [5.41, 5.74) is 4.11. The van der Waals surface area contributed by atoms with Crippen LogP contribution < -0.4 is 0 Å². The monoisotopic (exact) mass is 461 g/mol. The summed E-state index contributed by atoms with van der Waals surface area (Å²) in [5, 5.41) is 0.0786. The summed E-state index contributed by atoms with van der Waals surface area (Å²) >= 11 is 0. The Morgan fingerprint density at radius 2 is 1.71 bits per heavy atom. The van der Waals surface area contributed by atoms with Crippen molar-refractivity contribution in [3.05, 3.63) is 58.9 Å². The molecule has 1 aliphatic carbocycles. The molecule has 0 unspecified atom stereocenters. The molecule has 1 aliphatic rings. The van der Waals surface area contributed by atoms with Crippen molar-refractivity contribution in [3.63, 3.8) is 0 Å². The quantitative estimate of drug-likeness (QED) is 0.406. The van der Waals surface area contributed by atoms with Crippen molar-refractivity contribution in [2.45, 2.75) is 76.6 Å². The summed E-state index contributed by atoms with van der Waals surface area (Å²) in [6.45, 7) is 15.2. The van der Waals surface area contributed by atoms with E-state index < -0.39 is 18.4 Å². The van der Waals surface area contributed by atoms with Crippen LogP contribution in [-0.2, 0) is 25.1 Å². The van der Waals surface area contributed by atoms with Crippen molar-refractivity contribution in [1.82, 2.24) is 4.98 Å². The molecule has 0 aliphatic heterocycles. The van der Waals surface area contributed by atoms with E-state index in [0.717, 1.165) is 28.9 Å². The fraction of sp³-hybridized carbons (Fsp3) is 0.542. The van der Waals surface area contributed by atoms with Gasteiger partial charge in [-0.2, -0.15) is 8.42 Å². The van der Waals surface area contributed by atoms with Gasteiger partial charge in [-0.1, -0.05) is 44.5 Å². The molecule has 2 aromatic rings. The fourth-order valence-electron chi connectivity index (χ4n) is 3.59. The van der Waals surface area contributed by atoms with Gasteiger partial charge in [-0.3, -0.25) is 9.17 Å². The highest BCUT2D eigenvalue weighted by Gasteiger charge is 2.42. The number of hydrogen-bond acceptors (Lipinski definition) is 5. The van der Waals surface area contributed by atoms with Gasteiger partial charge in [0.1, 0.15) is 0 Å². The van der Waals surface area contributed by atoms with Crippen LogP contribution in [0.5, 0.6) is 0 Å². The van der Waals surface area contributed by atoms with Gasteiger partial charge in [0, 0.05) is 5.69 Å². The molecule has 1 aromatic heterocycles. The minimum Gasteiger partial charge on any atom is -0.408 e. The number of nitrogens with zero attached hydrogens (tertiary/aromatic N) is 1. The highest BCUT2D eigenvalue weighted by molar-refractivity contribution is 7.86. The van der Waals surface area contributed by atoms with Crippen LogP contribution in [0.25, 0.3) is 0 Å². The average Bonchev–Trinajstić information content (AvgIpc) is 2.66. The van der Waals surface area contributed by atoms with Crippen LogP contribution in [0, 0.1) is 19.8 Å². The van der Waals surface area contributed by atoms with E-state index in [0.29, 0.717) is 6.42 Å². The molecule has 0 saturated heterocycles. The van der Waals surface area contributed by atoms with Crippen LogP contribution in [0.2, 0.25) is 18.1 Å². The Kier molecular flexibility index (Phi) is 6.82. The first-order valence-corrected chi connectivity index (χ1v) is 15.2. The summed E-state index contributed by atoms with van der Waals surface area (Å²) in [7, 11) is -5.81. The smallest absolute Gasteiger partial charge is 0.296 e. The summed E-state index contributed by atoms with van der Waals surface area (Å²) in [4.78, 5) is 4.99. The first kappa shape index (κ1) is 24.1. The molecule has 31 heavy (non-hydrogen) atoms. The third kappa shape index (κ3) is 5.63. The number of fused-ring (bicyclic) bond motifs is 1. The summed E-state index contributed by atoms with van der Waals surface area (Å²) < 4.78 is 37.6. The Morgan fingerprint density at radius 3 is 2.32 bits per heavy atom. The number of benzene rings is 1. The van der Waals surface area contributed by atoms with Crippen LogP contribution in [0.4, 0.5) is 0 Å². The van der Waals surface area contributed by atoms with Gasteiger partial charge in [-0.25, -0.2) is 0 Å². The predicted octanol–water partition coefficient (Wildman–Crippen LogP) is 5.73. The maximum atomic E-state index is 12.7. The highest BCUT2D eigenvalue weighted by atomic mass is 32.2. The van der Waals surface area contributed by atoms with E-state index in [1.807, 2.05) is 19.9 Å². The molecule has 0 amide bonds. The van der Waals surface area contributed by atoms with E-state index >= 15 is 0 Å². The van der Waals surface area contributed by atoms with E-state index in [-0.39, 0.29) is 28.6 Å². The van der Waals surface area contributed by atoms with E-state index in [4.69, 9.17) is 13.6 Å². The second-order valence-electron chi connectivity index (χ2n) is 10.2. The zero-order valence-corrected chi connectivity index (χ0v) is 21.5. The predicted molar refractivity (Wildman–Crippen MR) is 126 cm³/mol. The Bertz CT molecular complexity index is 1030. The lowest BCUT2D eigenvalue weighted by atomic mass is 9.85. The molecule has 0 fully saturated rings. The number of rotatable bonds is 6. The van der Waals surface area contributed by atoms with Gasteiger partial charge in [-0.05, 0) is 74.5 Å². The van der Waals surface area contributed by atoms with Gasteiger partial charge in [-0.15, -0.1) is 0 Å². The molecular formula is C24H35NO4SSi. The molecule has 0 N–H and O–H groups in total. The van der Waals surface area contributed by atoms with Gasteiger partial charge < -0.3 is 4.43 Å². The van der Waals surface area contributed by atoms with Crippen molar-refractivity contribution in [3.8, 4) is 0 Å². The van der Waals surface area contributed by atoms with Gasteiger partial charge in [0.05, 0.1) is 23.3 Å². The van der Waals surface area contributed by atoms with Crippen molar-refractivity contribution >= 4 is 18.4 Å². The molecule has 0 radical (unpaired) electrons. The number of hydrogen-bond donors (Lipinski definition) is 0. The highest BCUT2D eigenvalue weighted by Crippen LogP contribution is 2.43. The molecular weight excluding hydrogens is 426 g/mol. The molecule has 2 atom stereocenters. The molecule has 0 bridgehead atoms. The number of pyridine rings is 1. The van der Waals surface area contributed by atoms with Crippen LogP contribution in [-0.4, -0.2) is 28.3 Å². The lowest BCUT2D eigenvalue weighted by Gasteiger charge is -2.41. The van der Waals surface area contributed by atoms with Crippen LogP contribution in [0.1, 0.15) is 55.8 Å². The second-order valence-corrected chi connectivity index (χ2v) is 16.6. The van der Waals surface area contributed by atoms with Crippen LogP contribution >= 0.6 is 0 Å². The first-order valence-electron chi connectivity index (χ1n) is 10.9. The molecule has 5 nitrogen and oxygen atoms in total. The van der Waals surface area contributed by atoms with E-state index in [9.17, 15) is 8.42 Å². The Morgan fingerprint density at radius 1 is 1.06 bits per heavy atom. The fourth-order valence-corrected chi connectivity index (χ4v) is 5.84. The summed E-state index contributed by atoms with van der Waals surface area (Å²) in [6.07, 6.45) is 1.31. The maximum Gasteiger partial charge on any atom is 0.296 e. The third-order valence-corrected chi connectivity index (χ3v) is 12.3. The van der Waals surface area contributed by atoms with Gasteiger partial charge in [0.25, 0.3) is 10.1 Å². The number of aromatic nitrogens is 1. The second kappa shape index (κ2) is 8.77. The van der Waals surface area contributed by atoms with Gasteiger partial charge in [0.15, 0.2) is 8.32 Å². The van der Waals surface area contributed by atoms with E-state index in [1.54, 1.807) is 24.3 Å². The van der Waals surface area contributed by atoms with Crippen LogP contribution in [0.15, 0.2) is 41.3 Å². The van der Waals surface area contributed by atoms with E-state index in [1.165, 1.54) is 0 Å². The normalized spacial score (nSPS) is 19.8. The van der Waals surface area contributed by atoms with Crippen molar-refractivity contribution in [2.24, 2.45) is 5.92 Å². The molecule has 3 rings (SSSR count). The molecule has 1 heterocycles. The Balaban J connectivity index is 1.80. The number of aryl methyl sites for hydroxylation is 2. The summed E-state index contributed by atoms with van der Waals surface area (Å²) in [5.74, 6) is 0.0481. The lowest BCUT2D eigenvalue weighted by Crippen LogP contribution is -2.43. The standard InChI is InChI=1S/C24H35NO4SSi/c1-17-8-12-21(13-9-17)30(26,27)28-16-19-14-20-11-10-18(2)25-23(20)22(15-19)29-31(6,7)24(3,4)5/h8-13,19,22H,14-16H2,1-7H3/t19-,22+/m1/s1. The zero-order valence-electron chi connectivity index (χ0n) is 19.7. The Hall–Kier alpha value is -1.54. The molecule has 170 valence electrons. The SMILES string of the molecule is Cc1ccc(S(=O)(=O)OC[C@@H]2Cc3ccc(C)nc3[C@@H](O[Si](C)(C)C(C)(C)C)C2)cc1. The van der Waals surface area contributed by atoms with Gasteiger partial charge >= 0.3 is 0 Å². The minimum atomic E-state index is -3.78. The molecule has 1 aromatic carbocycles. The maximum absolute atomic E-state index is 12.7. The first-order chi connectivity index (χ1) is 14.3. The van der Waals surface area contributed by atoms with E-state index in [2.05, 4.69) is 39.9 Å².